The van der Waals surface area contributed by atoms with E-state index in [2.05, 4.69) is 58.7 Å². The molecule has 1 heterocycles. The molecule has 19 heavy (non-hydrogen) atoms. The highest BCUT2D eigenvalue weighted by Crippen LogP contribution is 2.27. The Kier molecular flexibility index (Phi) is 5.84. The fourth-order valence-electron chi connectivity index (χ4n) is 3.08. The first-order valence-electron chi connectivity index (χ1n) is 7.87. The van der Waals surface area contributed by atoms with Crippen molar-refractivity contribution in [3.63, 3.8) is 0 Å². The normalized spacial score (nSPS) is 27.4. The van der Waals surface area contributed by atoms with Crippen LogP contribution in [-0.4, -0.2) is 29.1 Å². The van der Waals surface area contributed by atoms with Gasteiger partial charge in [0.2, 0.25) is 5.91 Å². The molecule has 0 aromatic carbocycles. The maximum atomic E-state index is 12.7. The van der Waals surface area contributed by atoms with E-state index in [1.165, 1.54) is 0 Å². The number of hydrogen-bond donors (Lipinski definition) is 1. The molecule has 0 spiro atoms. The highest BCUT2D eigenvalue weighted by Gasteiger charge is 2.43. The first-order chi connectivity index (χ1) is 8.79. The third-order valence-electron chi connectivity index (χ3n) is 4.30. The second kappa shape index (κ2) is 6.74. The van der Waals surface area contributed by atoms with E-state index in [1.54, 1.807) is 0 Å². The van der Waals surface area contributed by atoms with Crippen LogP contribution in [0.4, 0.5) is 0 Å². The van der Waals surface area contributed by atoms with Crippen molar-refractivity contribution in [1.82, 2.24) is 10.2 Å². The van der Waals surface area contributed by atoms with Gasteiger partial charge in [-0.3, -0.25) is 10.1 Å². The van der Waals surface area contributed by atoms with E-state index in [-0.39, 0.29) is 12.2 Å². The zero-order valence-electron chi connectivity index (χ0n) is 13.7. The number of carbonyl (C=O) groups excluding carboxylic acids is 1. The van der Waals surface area contributed by atoms with Gasteiger partial charge in [-0.2, -0.15) is 0 Å². The lowest BCUT2D eigenvalue weighted by molar-refractivity contribution is -0.133. The number of nitrogens with zero attached hydrogens (tertiary/aromatic N) is 1. The molecule has 1 fully saturated rings. The summed E-state index contributed by atoms with van der Waals surface area (Å²) in [7, 11) is 0. The Balaban J connectivity index is 2.88. The summed E-state index contributed by atoms with van der Waals surface area (Å²) in [5.41, 5.74) is 0. The van der Waals surface area contributed by atoms with Gasteiger partial charge in [0.25, 0.3) is 0 Å². The molecule has 1 saturated heterocycles. The summed E-state index contributed by atoms with van der Waals surface area (Å²) >= 11 is 0. The Bertz CT molecular complexity index is 301. The number of carbonyl (C=O) groups is 1. The van der Waals surface area contributed by atoms with Crippen molar-refractivity contribution >= 4 is 5.91 Å². The third kappa shape index (κ3) is 3.71. The van der Waals surface area contributed by atoms with E-state index >= 15 is 0 Å². The van der Waals surface area contributed by atoms with Gasteiger partial charge in [-0.15, -0.1) is 0 Å². The summed E-state index contributed by atoms with van der Waals surface area (Å²) in [5.74, 6) is 1.79. The maximum Gasteiger partial charge on any atom is 0.241 e. The molecule has 4 atom stereocenters. The molecule has 1 N–H and O–H groups in total. The largest absolute Gasteiger partial charge is 0.323 e. The quantitative estimate of drug-likeness (QED) is 0.802. The molecule has 4 unspecified atom stereocenters. The van der Waals surface area contributed by atoms with Gasteiger partial charge in [-0.1, -0.05) is 48.0 Å². The van der Waals surface area contributed by atoms with Crippen molar-refractivity contribution in [3.05, 3.63) is 0 Å². The first kappa shape index (κ1) is 16.5. The molecule has 3 heteroatoms. The van der Waals surface area contributed by atoms with E-state index in [0.717, 1.165) is 12.8 Å². The van der Waals surface area contributed by atoms with Gasteiger partial charge in [0.15, 0.2) is 0 Å². The van der Waals surface area contributed by atoms with Crippen molar-refractivity contribution in [2.75, 3.05) is 0 Å². The van der Waals surface area contributed by atoms with Crippen LogP contribution in [0.1, 0.15) is 61.3 Å². The summed E-state index contributed by atoms with van der Waals surface area (Å²) in [6.45, 7) is 15.3. The Morgan fingerprint density at radius 2 is 1.74 bits per heavy atom. The minimum absolute atomic E-state index is 0.00649. The molecular weight excluding hydrogens is 236 g/mol. The minimum Gasteiger partial charge on any atom is -0.323 e. The van der Waals surface area contributed by atoms with Gasteiger partial charge in [0, 0.05) is 6.04 Å². The maximum absolute atomic E-state index is 12.7. The van der Waals surface area contributed by atoms with Gasteiger partial charge in [-0.05, 0) is 31.1 Å². The number of nitrogens with one attached hydrogen (secondary N) is 1. The summed E-state index contributed by atoms with van der Waals surface area (Å²) in [6.07, 6.45) is 2.31. The average molecular weight is 268 g/mol. The van der Waals surface area contributed by atoms with Crippen LogP contribution < -0.4 is 5.32 Å². The summed E-state index contributed by atoms with van der Waals surface area (Å²) in [5, 5.41) is 3.57. The molecule has 1 aliphatic rings. The number of hydrogen-bond acceptors (Lipinski definition) is 2. The molecule has 112 valence electrons. The van der Waals surface area contributed by atoms with Crippen molar-refractivity contribution in [2.24, 2.45) is 17.8 Å². The predicted molar refractivity (Wildman–Crippen MR) is 80.8 cm³/mol. The summed E-state index contributed by atoms with van der Waals surface area (Å²) < 4.78 is 0. The fraction of sp³-hybridized carbons (Fsp3) is 0.938. The lowest BCUT2D eigenvalue weighted by atomic mass is 9.98. The van der Waals surface area contributed by atoms with Gasteiger partial charge in [-0.25, -0.2) is 0 Å². The van der Waals surface area contributed by atoms with E-state index in [9.17, 15) is 4.79 Å². The molecule has 1 aliphatic heterocycles. The monoisotopic (exact) mass is 268 g/mol. The lowest BCUT2D eigenvalue weighted by Crippen LogP contribution is -2.46. The molecule has 0 radical (unpaired) electrons. The SMILES string of the molecule is CCC(C)C1NC(C(C)C)N(C(C)CC(C)C)C1=O. The van der Waals surface area contributed by atoms with Crippen molar-refractivity contribution in [1.29, 1.82) is 0 Å². The smallest absolute Gasteiger partial charge is 0.241 e. The first-order valence-corrected chi connectivity index (χ1v) is 7.87. The van der Waals surface area contributed by atoms with Crippen LogP contribution in [0.25, 0.3) is 0 Å². The molecule has 0 aliphatic carbocycles. The molecular formula is C16H32N2O. The van der Waals surface area contributed by atoms with Gasteiger partial charge in [0.1, 0.15) is 0 Å². The minimum atomic E-state index is 0.00649. The number of rotatable bonds is 6. The van der Waals surface area contributed by atoms with Crippen LogP contribution in [0, 0.1) is 17.8 Å². The van der Waals surface area contributed by atoms with Crippen LogP contribution in [0.3, 0.4) is 0 Å². The Morgan fingerprint density at radius 3 is 2.16 bits per heavy atom. The molecule has 1 amide bonds. The van der Waals surface area contributed by atoms with Crippen LogP contribution in [-0.2, 0) is 4.79 Å². The standard InChI is InChI=1S/C16H32N2O/c1-8-12(6)14-16(19)18(13(7)9-10(2)3)15(17-14)11(4)5/h10-15,17H,8-9H2,1-7H3. The van der Waals surface area contributed by atoms with E-state index < -0.39 is 0 Å². The highest BCUT2D eigenvalue weighted by molar-refractivity contribution is 5.85. The van der Waals surface area contributed by atoms with Crippen LogP contribution in [0.5, 0.6) is 0 Å². The van der Waals surface area contributed by atoms with Crippen molar-refractivity contribution in [2.45, 2.75) is 79.6 Å². The van der Waals surface area contributed by atoms with Crippen LogP contribution in [0.15, 0.2) is 0 Å². The molecule has 0 aromatic heterocycles. The fourth-order valence-corrected chi connectivity index (χ4v) is 3.08. The van der Waals surface area contributed by atoms with Crippen molar-refractivity contribution in [3.8, 4) is 0 Å². The van der Waals surface area contributed by atoms with Gasteiger partial charge >= 0.3 is 0 Å². The summed E-state index contributed by atoms with van der Waals surface area (Å²) in [4.78, 5) is 14.8. The number of amides is 1. The lowest BCUT2D eigenvalue weighted by Gasteiger charge is -2.33. The van der Waals surface area contributed by atoms with E-state index in [1.807, 2.05) is 0 Å². The molecule has 3 nitrogen and oxygen atoms in total. The second-order valence-electron chi connectivity index (χ2n) is 6.94. The Morgan fingerprint density at radius 1 is 1.16 bits per heavy atom. The third-order valence-corrected chi connectivity index (χ3v) is 4.30. The predicted octanol–water partition coefficient (Wildman–Crippen LogP) is 3.25. The zero-order valence-corrected chi connectivity index (χ0v) is 13.7. The van der Waals surface area contributed by atoms with Crippen LogP contribution >= 0.6 is 0 Å². The Labute approximate surface area is 119 Å². The van der Waals surface area contributed by atoms with Crippen LogP contribution in [0.2, 0.25) is 0 Å². The zero-order chi connectivity index (χ0) is 14.7. The van der Waals surface area contributed by atoms with Gasteiger partial charge < -0.3 is 4.90 Å². The second-order valence-corrected chi connectivity index (χ2v) is 6.94. The van der Waals surface area contributed by atoms with Crippen molar-refractivity contribution < 1.29 is 4.79 Å². The molecule has 1 rings (SSSR count). The molecule has 0 aromatic rings. The topological polar surface area (TPSA) is 32.3 Å². The van der Waals surface area contributed by atoms with Gasteiger partial charge in [0.05, 0.1) is 12.2 Å². The van der Waals surface area contributed by atoms with E-state index in [4.69, 9.17) is 0 Å². The molecule has 0 saturated carbocycles. The Hall–Kier alpha value is -0.570. The highest BCUT2D eigenvalue weighted by atomic mass is 16.2. The average Bonchev–Trinajstić information content (AvgIpc) is 2.65. The van der Waals surface area contributed by atoms with E-state index in [0.29, 0.717) is 29.7 Å². The summed E-state index contributed by atoms with van der Waals surface area (Å²) in [6, 6.07) is 0.327. The molecule has 0 bridgehead atoms.